The molecule has 0 bridgehead atoms. The Bertz CT molecular complexity index is 729. The van der Waals surface area contributed by atoms with Crippen LogP contribution in [-0.4, -0.2) is 45.7 Å². The van der Waals surface area contributed by atoms with Gasteiger partial charge >= 0.3 is 0 Å². The van der Waals surface area contributed by atoms with E-state index in [1.807, 2.05) is 34.8 Å². The van der Waals surface area contributed by atoms with Crippen LogP contribution in [0, 0.1) is 0 Å². The highest BCUT2D eigenvalue weighted by molar-refractivity contribution is 7.99. The summed E-state index contributed by atoms with van der Waals surface area (Å²) in [5.74, 6) is 1.99. The zero-order valence-corrected chi connectivity index (χ0v) is 13.9. The molecular formula is C17H20N4OS. The molecule has 2 unspecified atom stereocenters. The summed E-state index contributed by atoms with van der Waals surface area (Å²) < 4.78 is 2.01. The van der Waals surface area contributed by atoms with Gasteiger partial charge in [-0.3, -0.25) is 4.79 Å². The van der Waals surface area contributed by atoms with Crippen LogP contribution in [-0.2, 0) is 11.8 Å². The predicted octanol–water partition coefficient (Wildman–Crippen LogP) is 1.78. The second-order valence-electron chi connectivity index (χ2n) is 6.05. The molecule has 1 amide bonds. The monoisotopic (exact) mass is 328 g/mol. The topological polar surface area (TPSA) is 50.2 Å². The number of carbonyl (C=O) groups is 1. The molecule has 120 valence electrons. The van der Waals surface area contributed by atoms with Crippen molar-refractivity contribution in [1.82, 2.24) is 19.8 Å². The van der Waals surface area contributed by atoms with Gasteiger partial charge in [-0.2, -0.15) is 0 Å². The van der Waals surface area contributed by atoms with Crippen LogP contribution >= 0.6 is 11.8 Å². The number of piperazine rings is 1. The molecule has 1 aromatic carbocycles. The van der Waals surface area contributed by atoms with Crippen molar-refractivity contribution in [3.63, 3.8) is 0 Å². The lowest BCUT2D eigenvalue weighted by atomic mass is 9.98. The van der Waals surface area contributed by atoms with E-state index in [1.165, 1.54) is 10.5 Å². The first kappa shape index (κ1) is 14.8. The highest BCUT2D eigenvalue weighted by Crippen LogP contribution is 2.41. The van der Waals surface area contributed by atoms with E-state index in [1.54, 1.807) is 18.0 Å². The molecule has 4 rings (SSSR count). The SMILES string of the molecule is Cn1ccnc1C1CNCCN1C(=O)C1CSc2ccccc21. The van der Waals surface area contributed by atoms with Crippen LogP contribution < -0.4 is 5.32 Å². The Labute approximate surface area is 140 Å². The van der Waals surface area contributed by atoms with E-state index >= 15 is 0 Å². The van der Waals surface area contributed by atoms with Crippen LogP contribution in [0.1, 0.15) is 23.3 Å². The first-order chi connectivity index (χ1) is 11.3. The minimum atomic E-state index is -0.0305. The van der Waals surface area contributed by atoms with Gasteiger partial charge in [0.05, 0.1) is 5.92 Å². The summed E-state index contributed by atoms with van der Waals surface area (Å²) in [4.78, 5) is 21.0. The molecular weight excluding hydrogens is 308 g/mol. The van der Waals surface area contributed by atoms with Crippen LogP contribution in [0.5, 0.6) is 0 Å². The zero-order valence-electron chi connectivity index (χ0n) is 13.1. The largest absolute Gasteiger partial charge is 0.336 e. The van der Waals surface area contributed by atoms with Gasteiger partial charge in [0.1, 0.15) is 11.9 Å². The van der Waals surface area contributed by atoms with E-state index in [4.69, 9.17) is 0 Å². The quantitative estimate of drug-likeness (QED) is 0.913. The number of amides is 1. The molecule has 1 aromatic heterocycles. The zero-order chi connectivity index (χ0) is 15.8. The van der Waals surface area contributed by atoms with E-state index in [2.05, 4.69) is 22.4 Å². The highest BCUT2D eigenvalue weighted by atomic mass is 32.2. The van der Waals surface area contributed by atoms with Crippen molar-refractivity contribution in [1.29, 1.82) is 0 Å². The van der Waals surface area contributed by atoms with E-state index in [0.717, 1.165) is 31.2 Å². The summed E-state index contributed by atoms with van der Waals surface area (Å²) in [5, 5.41) is 3.39. The average molecular weight is 328 g/mol. The third kappa shape index (κ3) is 2.56. The molecule has 5 nitrogen and oxygen atoms in total. The molecule has 0 saturated carbocycles. The lowest BCUT2D eigenvalue weighted by Gasteiger charge is -2.37. The Balaban J connectivity index is 1.63. The Morgan fingerprint density at radius 2 is 2.26 bits per heavy atom. The summed E-state index contributed by atoms with van der Waals surface area (Å²) >= 11 is 1.79. The number of rotatable bonds is 2. The van der Waals surface area contributed by atoms with Crippen molar-refractivity contribution in [3.8, 4) is 0 Å². The number of hydrogen-bond donors (Lipinski definition) is 1. The first-order valence-electron chi connectivity index (χ1n) is 7.96. The molecule has 2 atom stereocenters. The molecule has 1 saturated heterocycles. The molecule has 2 aliphatic rings. The predicted molar refractivity (Wildman–Crippen MR) is 90.4 cm³/mol. The number of carbonyl (C=O) groups excluding carboxylic acids is 1. The van der Waals surface area contributed by atoms with E-state index < -0.39 is 0 Å². The molecule has 0 aliphatic carbocycles. The molecule has 6 heteroatoms. The normalized spacial score (nSPS) is 23.8. The van der Waals surface area contributed by atoms with Crippen LogP contribution in [0.3, 0.4) is 0 Å². The van der Waals surface area contributed by atoms with E-state index in [0.29, 0.717) is 0 Å². The second-order valence-corrected chi connectivity index (χ2v) is 7.11. The lowest BCUT2D eigenvalue weighted by molar-refractivity contribution is -0.135. The maximum Gasteiger partial charge on any atom is 0.231 e. The third-order valence-corrected chi connectivity index (χ3v) is 5.86. The number of imidazole rings is 1. The Kier molecular flexibility index (Phi) is 3.87. The van der Waals surface area contributed by atoms with Gasteiger partial charge < -0.3 is 14.8 Å². The number of benzene rings is 1. The van der Waals surface area contributed by atoms with Gasteiger partial charge in [-0.05, 0) is 11.6 Å². The molecule has 3 heterocycles. The molecule has 1 N–H and O–H groups in total. The van der Waals surface area contributed by atoms with Crippen LogP contribution in [0.25, 0.3) is 0 Å². The smallest absolute Gasteiger partial charge is 0.231 e. The van der Waals surface area contributed by atoms with Crippen molar-refractivity contribution in [2.45, 2.75) is 16.9 Å². The number of fused-ring (bicyclic) bond motifs is 1. The van der Waals surface area contributed by atoms with Crippen molar-refractivity contribution in [3.05, 3.63) is 48.0 Å². The minimum Gasteiger partial charge on any atom is -0.336 e. The summed E-state index contributed by atoms with van der Waals surface area (Å²) in [6, 6.07) is 8.28. The van der Waals surface area contributed by atoms with Crippen molar-refractivity contribution in [2.75, 3.05) is 25.4 Å². The van der Waals surface area contributed by atoms with Crippen molar-refractivity contribution in [2.24, 2.45) is 7.05 Å². The van der Waals surface area contributed by atoms with Gasteiger partial charge in [0.15, 0.2) is 0 Å². The minimum absolute atomic E-state index is 0.00834. The van der Waals surface area contributed by atoms with Crippen molar-refractivity contribution >= 4 is 17.7 Å². The van der Waals surface area contributed by atoms with Gasteiger partial charge in [-0.1, -0.05) is 18.2 Å². The molecule has 0 spiro atoms. The second kappa shape index (κ2) is 6.02. The number of thioether (sulfide) groups is 1. The van der Waals surface area contributed by atoms with Gasteiger partial charge in [-0.15, -0.1) is 11.8 Å². The number of nitrogens with one attached hydrogen (secondary N) is 1. The molecule has 2 aliphatic heterocycles. The number of nitrogens with zero attached hydrogens (tertiary/aromatic N) is 3. The Morgan fingerprint density at radius 1 is 1.39 bits per heavy atom. The maximum atomic E-state index is 13.2. The fraction of sp³-hybridized carbons (Fsp3) is 0.412. The highest BCUT2D eigenvalue weighted by Gasteiger charge is 2.37. The molecule has 23 heavy (non-hydrogen) atoms. The molecule has 2 aromatic rings. The summed E-state index contributed by atoms with van der Waals surface area (Å²) in [6.45, 7) is 2.34. The van der Waals surface area contributed by atoms with Crippen LogP contribution in [0.2, 0.25) is 0 Å². The maximum absolute atomic E-state index is 13.2. The fourth-order valence-electron chi connectivity index (χ4n) is 3.46. The standard InChI is InChI=1S/C17H20N4OS/c1-20-8-7-19-16(20)14-10-18-6-9-21(14)17(22)13-11-23-15-5-3-2-4-12(13)15/h2-5,7-8,13-14,18H,6,9-11H2,1H3. The van der Waals surface area contributed by atoms with Gasteiger partial charge in [0.2, 0.25) is 5.91 Å². The molecule has 1 fully saturated rings. The summed E-state index contributed by atoms with van der Waals surface area (Å²) in [5.41, 5.74) is 1.18. The summed E-state index contributed by atoms with van der Waals surface area (Å²) in [7, 11) is 1.99. The number of aromatic nitrogens is 2. The first-order valence-corrected chi connectivity index (χ1v) is 8.94. The average Bonchev–Trinajstić information content (AvgIpc) is 3.20. The van der Waals surface area contributed by atoms with Crippen molar-refractivity contribution < 1.29 is 4.79 Å². The van der Waals surface area contributed by atoms with Gasteiger partial charge in [0.25, 0.3) is 0 Å². The Morgan fingerprint density at radius 3 is 3.09 bits per heavy atom. The fourth-order valence-corrected chi connectivity index (χ4v) is 4.68. The van der Waals surface area contributed by atoms with Crippen LogP contribution in [0.4, 0.5) is 0 Å². The number of aryl methyl sites for hydroxylation is 1. The summed E-state index contributed by atoms with van der Waals surface area (Å²) in [6.07, 6.45) is 3.74. The number of hydrogen-bond acceptors (Lipinski definition) is 4. The third-order valence-electron chi connectivity index (χ3n) is 4.68. The van der Waals surface area contributed by atoms with Crippen LogP contribution in [0.15, 0.2) is 41.6 Å². The Hall–Kier alpha value is -1.79. The van der Waals surface area contributed by atoms with Gasteiger partial charge in [-0.25, -0.2) is 4.98 Å². The molecule has 0 radical (unpaired) electrons. The lowest BCUT2D eigenvalue weighted by Crippen LogP contribution is -2.50. The van der Waals surface area contributed by atoms with Gasteiger partial charge in [0, 0.05) is 49.7 Å². The van der Waals surface area contributed by atoms with E-state index in [9.17, 15) is 4.79 Å². The van der Waals surface area contributed by atoms with E-state index in [-0.39, 0.29) is 17.9 Å².